The van der Waals surface area contributed by atoms with Gasteiger partial charge in [0, 0.05) is 31.7 Å². The summed E-state index contributed by atoms with van der Waals surface area (Å²) in [5.41, 5.74) is 0. The molecule has 5 heteroatoms. The Morgan fingerprint density at radius 3 is 2.59 bits per heavy atom. The zero-order valence-electron chi connectivity index (χ0n) is 10.8. The highest BCUT2D eigenvalue weighted by Gasteiger charge is 2.33. The van der Waals surface area contributed by atoms with Crippen LogP contribution in [0.5, 0.6) is 0 Å². The van der Waals surface area contributed by atoms with Crippen LogP contribution in [0.3, 0.4) is 0 Å². The molecule has 0 aliphatic carbocycles. The fourth-order valence-corrected chi connectivity index (χ4v) is 2.36. The summed E-state index contributed by atoms with van der Waals surface area (Å²) in [6.45, 7) is 7.87. The minimum absolute atomic E-state index is 0.129. The molecule has 1 heterocycles. The molecule has 3 unspecified atom stereocenters. The minimum Gasteiger partial charge on any atom is -0.311 e. The van der Waals surface area contributed by atoms with Gasteiger partial charge in [0.1, 0.15) is 0 Å². The normalized spacial score (nSPS) is 29.3. The monoisotopic (exact) mass is 252 g/mol. The molecule has 0 aromatic carbocycles. The second-order valence-electron chi connectivity index (χ2n) is 5.12. The lowest BCUT2D eigenvalue weighted by Crippen LogP contribution is -2.58. The number of nitrogens with one attached hydrogen (secondary N) is 1. The van der Waals surface area contributed by atoms with Gasteiger partial charge in [-0.25, -0.2) is 0 Å². The molecule has 0 aromatic heterocycles. The van der Waals surface area contributed by atoms with Gasteiger partial charge in [0.25, 0.3) is 0 Å². The molecule has 1 fully saturated rings. The molecule has 3 atom stereocenters. The third-order valence-corrected chi connectivity index (χ3v) is 3.64. The average Bonchev–Trinajstić information content (AvgIpc) is 2.24. The van der Waals surface area contributed by atoms with E-state index in [1.54, 1.807) is 0 Å². The van der Waals surface area contributed by atoms with Crippen molar-refractivity contribution in [2.24, 2.45) is 5.92 Å². The zero-order chi connectivity index (χ0) is 13.1. The van der Waals surface area contributed by atoms with Crippen molar-refractivity contribution in [2.75, 3.05) is 19.6 Å². The number of hydrogen-bond donors (Lipinski definition) is 1. The van der Waals surface area contributed by atoms with Crippen molar-refractivity contribution in [3.8, 4) is 0 Å². The van der Waals surface area contributed by atoms with Crippen LogP contribution in [0.15, 0.2) is 0 Å². The summed E-state index contributed by atoms with van der Waals surface area (Å²) in [6, 6.07) is 0.516. The maximum Gasteiger partial charge on any atom is 0.390 e. The summed E-state index contributed by atoms with van der Waals surface area (Å²) in [5.74, 6) is 0.434. The van der Waals surface area contributed by atoms with Crippen LogP contribution in [0.1, 0.15) is 33.6 Å². The quantitative estimate of drug-likeness (QED) is 0.827. The van der Waals surface area contributed by atoms with Crippen molar-refractivity contribution in [3.05, 3.63) is 0 Å². The Hall–Kier alpha value is -0.290. The Morgan fingerprint density at radius 2 is 2.06 bits per heavy atom. The number of hydrogen-bond acceptors (Lipinski definition) is 2. The molecule has 1 N–H and O–H groups in total. The van der Waals surface area contributed by atoms with E-state index in [2.05, 4.69) is 19.2 Å². The Bertz CT molecular complexity index is 230. The highest BCUT2D eigenvalue weighted by atomic mass is 19.4. The average molecular weight is 252 g/mol. The molecule has 17 heavy (non-hydrogen) atoms. The molecule has 0 radical (unpaired) electrons. The third-order valence-electron chi connectivity index (χ3n) is 3.64. The van der Waals surface area contributed by atoms with Gasteiger partial charge in [0.15, 0.2) is 0 Å². The Morgan fingerprint density at radius 1 is 1.41 bits per heavy atom. The first-order chi connectivity index (χ1) is 7.83. The molecule has 0 aromatic rings. The molecule has 0 spiro atoms. The molecular formula is C12H23F3N2. The molecule has 0 bridgehead atoms. The summed E-state index contributed by atoms with van der Waals surface area (Å²) < 4.78 is 36.8. The van der Waals surface area contributed by atoms with E-state index >= 15 is 0 Å². The number of halogens is 3. The van der Waals surface area contributed by atoms with Crippen LogP contribution in [0.4, 0.5) is 13.2 Å². The van der Waals surface area contributed by atoms with Crippen molar-refractivity contribution in [3.63, 3.8) is 0 Å². The molecule has 1 saturated heterocycles. The van der Waals surface area contributed by atoms with Gasteiger partial charge in [0.05, 0.1) is 6.42 Å². The second-order valence-corrected chi connectivity index (χ2v) is 5.12. The summed E-state index contributed by atoms with van der Waals surface area (Å²) in [5, 5.41) is 3.35. The number of piperazine rings is 1. The predicted molar refractivity (Wildman–Crippen MR) is 63.0 cm³/mol. The van der Waals surface area contributed by atoms with Crippen LogP contribution in [-0.4, -0.2) is 42.8 Å². The van der Waals surface area contributed by atoms with Gasteiger partial charge < -0.3 is 5.32 Å². The Kier molecular flexibility index (Phi) is 5.25. The smallest absolute Gasteiger partial charge is 0.311 e. The van der Waals surface area contributed by atoms with Gasteiger partial charge in [-0.3, -0.25) is 4.90 Å². The highest BCUT2D eigenvalue weighted by Crippen LogP contribution is 2.23. The van der Waals surface area contributed by atoms with Crippen LogP contribution in [0.2, 0.25) is 0 Å². The standard InChI is InChI=1S/C12H23F3N2/c1-4-9(2)11-7-16-10(3)8-17(11)6-5-12(13,14)15/h9-11,16H,4-8H2,1-3H3. The lowest BCUT2D eigenvalue weighted by molar-refractivity contribution is -0.140. The van der Waals surface area contributed by atoms with E-state index in [0.29, 0.717) is 12.5 Å². The lowest BCUT2D eigenvalue weighted by atomic mass is 9.94. The first-order valence-corrected chi connectivity index (χ1v) is 6.37. The summed E-state index contributed by atoms with van der Waals surface area (Å²) in [7, 11) is 0. The Labute approximate surface area is 102 Å². The second kappa shape index (κ2) is 6.05. The molecule has 0 saturated carbocycles. The van der Waals surface area contributed by atoms with E-state index in [0.717, 1.165) is 13.0 Å². The van der Waals surface area contributed by atoms with Gasteiger partial charge in [-0.2, -0.15) is 13.2 Å². The van der Waals surface area contributed by atoms with Crippen molar-refractivity contribution in [1.29, 1.82) is 0 Å². The van der Waals surface area contributed by atoms with Crippen molar-refractivity contribution in [1.82, 2.24) is 10.2 Å². The van der Waals surface area contributed by atoms with E-state index in [1.165, 1.54) is 0 Å². The van der Waals surface area contributed by atoms with Gasteiger partial charge in [0.2, 0.25) is 0 Å². The van der Waals surface area contributed by atoms with E-state index in [-0.39, 0.29) is 18.6 Å². The van der Waals surface area contributed by atoms with E-state index in [4.69, 9.17) is 0 Å². The van der Waals surface area contributed by atoms with Crippen molar-refractivity contribution in [2.45, 2.75) is 51.9 Å². The number of rotatable bonds is 4. The summed E-state index contributed by atoms with van der Waals surface area (Å²) >= 11 is 0. The van der Waals surface area contributed by atoms with Crippen LogP contribution < -0.4 is 5.32 Å². The third kappa shape index (κ3) is 4.84. The van der Waals surface area contributed by atoms with E-state index < -0.39 is 12.6 Å². The fourth-order valence-electron chi connectivity index (χ4n) is 2.36. The van der Waals surface area contributed by atoms with Crippen molar-refractivity contribution >= 4 is 0 Å². The lowest BCUT2D eigenvalue weighted by Gasteiger charge is -2.42. The fraction of sp³-hybridized carbons (Fsp3) is 1.00. The molecular weight excluding hydrogens is 229 g/mol. The van der Waals surface area contributed by atoms with Gasteiger partial charge in [-0.1, -0.05) is 20.3 Å². The largest absolute Gasteiger partial charge is 0.390 e. The maximum absolute atomic E-state index is 12.3. The molecule has 1 rings (SSSR count). The molecule has 1 aliphatic heterocycles. The highest BCUT2D eigenvalue weighted by molar-refractivity contribution is 4.87. The molecule has 2 nitrogen and oxygen atoms in total. The first kappa shape index (κ1) is 14.8. The number of nitrogens with zero attached hydrogens (tertiary/aromatic N) is 1. The molecule has 1 aliphatic rings. The van der Waals surface area contributed by atoms with Crippen LogP contribution in [0, 0.1) is 5.92 Å². The summed E-state index contributed by atoms with van der Waals surface area (Å²) in [4.78, 5) is 2.00. The van der Waals surface area contributed by atoms with Gasteiger partial charge >= 0.3 is 6.18 Å². The van der Waals surface area contributed by atoms with Gasteiger partial charge in [-0.15, -0.1) is 0 Å². The summed E-state index contributed by atoms with van der Waals surface area (Å²) in [6.07, 6.45) is -3.75. The number of alkyl halides is 3. The van der Waals surface area contributed by atoms with Gasteiger partial charge in [-0.05, 0) is 12.8 Å². The van der Waals surface area contributed by atoms with Crippen molar-refractivity contribution < 1.29 is 13.2 Å². The topological polar surface area (TPSA) is 15.3 Å². The molecule has 102 valence electrons. The maximum atomic E-state index is 12.3. The first-order valence-electron chi connectivity index (χ1n) is 6.37. The Balaban J connectivity index is 2.55. The molecule has 0 amide bonds. The van der Waals surface area contributed by atoms with E-state index in [1.807, 2.05) is 11.8 Å². The van der Waals surface area contributed by atoms with Crippen LogP contribution in [0.25, 0.3) is 0 Å². The van der Waals surface area contributed by atoms with Crippen LogP contribution in [-0.2, 0) is 0 Å². The van der Waals surface area contributed by atoms with E-state index in [9.17, 15) is 13.2 Å². The predicted octanol–water partition coefficient (Wildman–Crippen LogP) is 2.65. The van der Waals surface area contributed by atoms with Crippen LogP contribution >= 0.6 is 0 Å². The minimum atomic E-state index is -4.05. The SMILES string of the molecule is CCC(C)C1CNC(C)CN1CCC(F)(F)F. The zero-order valence-corrected chi connectivity index (χ0v) is 10.8.